The first-order chi connectivity index (χ1) is 12.1. The van der Waals surface area contributed by atoms with Gasteiger partial charge in [-0.05, 0) is 34.6 Å². The normalized spacial score (nSPS) is 37.1. The Morgan fingerprint density at radius 2 is 1.85 bits per heavy atom. The second kappa shape index (κ2) is 5.78. The van der Waals surface area contributed by atoms with Gasteiger partial charge in [-0.3, -0.25) is 4.79 Å². The van der Waals surface area contributed by atoms with E-state index in [4.69, 9.17) is 14.2 Å². The third-order valence-corrected chi connectivity index (χ3v) is 5.75. The van der Waals surface area contributed by atoms with Crippen LogP contribution >= 0.6 is 0 Å². The van der Waals surface area contributed by atoms with Crippen molar-refractivity contribution >= 4 is 5.97 Å². The van der Waals surface area contributed by atoms with Crippen LogP contribution in [0.5, 0.6) is 0 Å². The van der Waals surface area contributed by atoms with Crippen LogP contribution in [0.25, 0.3) is 0 Å². The molecule has 0 bridgehead atoms. The van der Waals surface area contributed by atoms with Crippen molar-refractivity contribution < 1.29 is 23.5 Å². The lowest BCUT2D eigenvalue weighted by Gasteiger charge is -2.30. The van der Waals surface area contributed by atoms with Gasteiger partial charge in [0.15, 0.2) is 17.9 Å². The molecular weight excluding hydrogens is 330 g/mol. The highest BCUT2D eigenvalue weighted by atomic mass is 16.8. The summed E-state index contributed by atoms with van der Waals surface area (Å²) < 4.78 is 18.9. The standard InChI is InChI=1S/C21H30NO4/c1-20(2,3)24-17(23)11-15-18-19(26-21(4,5)25-18)16-13-22(15,16)12-14-9-7-6-8-10-14/h6-10,15-16,18-19H,11-13H2,1-5H3/q+1/t15-,16-,18-,19+,22-/m0/s1. The first kappa shape index (κ1) is 18.0. The smallest absolute Gasteiger partial charge is 0.312 e. The molecule has 0 aromatic heterocycles. The summed E-state index contributed by atoms with van der Waals surface area (Å²) >= 11 is 0. The molecule has 0 saturated carbocycles. The van der Waals surface area contributed by atoms with Crippen LogP contribution in [0.3, 0.4) is 0 Å². The van der Waals surface area contributed by atoms with Crippen molar-refractivity contribution in [3.63, 3.8) is 0 Å². The number of ether oxygens (including phenoxy) is 3. The molecule has 3 fully saturated rings. The van der Waals surface area contributed by atoms with Crippen molar-refractivity contribution in [3.05, 3.63) is 35.9 Å². The van der Waals surface area contributed by atoms with Gasteiger partial charge in [0.05, 0.1) is 0 Å². The Kier molecular flexibility index (Phi) is 3.99. The molecule has 26 heavy (non-hydrogen) atoms. The largest absolute Gasteiger partial charge is 0.460 e. The minimum atomic E-state index is -0.576. The van der Waals surface area contributed by atoms with E-state index in [-0.39, 0.29) is 24.2 Å². The van der Waals surface area contributed by atoms with E-state index in [1.807, 2.05) is 40.7 Å². The molecule has 5 heteroatoms. The highest BCUT2D eigenvalue weighted by Crippen LogP contribution is 2.55. The Labute approximate surface area is 155 Å². The summed E-state index contributed by atoms with van der Waals surface area (Å²) in [6.07, 6.45) is 0.405. The van der Waals surface area contributed by atoms with Gasteiger partial charge in [-0.25, -0.2) is 0 Å². The number of quaternary nitrogens is 1. The first-order valence-electron chi connectivity index (χ1n) is 9.58. The molecule has 1 aromatic rings. The molecule has 0 amide bonds. The van der Waals surface area contributed by atoms with Gasteiger partial charge in [-0.1, -0.05) is 30.3 Å². The van der Waals surface area contributed by atoms with Crippen LogP contribution in [0.2, 0.25) is 0 Å². The molecule has 0 unspecified atom stereocenters. The lowest BCUT2D eigenvalue weighted by atomic mass is 10.0. The second-order valence-electron chi connectivity index (χ2n) is 9.42. The maximum absolute atomic E-state index is 12.6. The summed E-state index contributed by atoms with van der Waals surface area (Å²) in [6.45, 7) is 11.6. The third kappa shape index (κ3) is 3.17. The Hall–Kier alpha value is -1.43. The SMILES string of the molecule is CC(C)(C)OC(=O)C[C@H]1[C@@H]2OC(C)(C)O[C@@H]2[C@@H]2C[N@@+]12Cc1ccccc1. The quantitative estimate of drug-likeness (QED) is 0.470. The van der Waals surface area contributed by atoms with Crippen LogP contribution in [0.4, 0.5) is 0 Å². The average molecular weight is 360 g/mol. The summed E-state index contributed by atoms with van der Waals surface area (Å²) in [7, 11) is 0. The number of esters is 1. The average Bonchev–Trinajstić information content (AvgIpc) is 3.06. The van der Waals surface area contributed by atoms with Gasteiger partial charge in [0.1, 0.15) is 37.3 Å². The van der Waals surface area contributed by atoms with Crippen molar-refractivity contribution in [2.24, 2.45) is 0 Å². The zero-order valence-corrected chi connectivity index (χ0v) is 16.4. The number of piperidine rings is 1. The van der Waals surface area contributed by atoms with Gasteiger partial charge in [0.2, 0.25) is 0 Å². The van der Waals surface area contributed by atoms with E-state index in [2.05, 4.69) is 24.3 Å². The number of rotatable bonds is 4. The molecule has 0 aliphatic carbocycles. The monoisotopic (exact) mass is 360 g/mol. The molecule has 5 nitrogen and oxygen atoms in total. The Morgan fingerprint density at radius 1 is 1.19 bits per heavy atom. The van der Waals surface area contributed by atoms with Crippen molar-refractivity contribution in [2.45, 2.75) is 83.3 Å². The zero-order chi connectivity index (χ0) is 18.7. The predicted octanol–water partition coefficient (Wildman–Crippen LogP) is 3.02. The molecular formula is C21H30NO4+. The van der Waals surface area contributed by atoms with E-state index in [0.717, 1.165) is 17.6 Å². The van der Waals surface area contributed by atoms with E-state index >= 15 is 0 Å². The molecule has 142 valence electrons. The maximum atomic E-state index is 12.6. The first-order valence-corrected chi connectivity index (χ1v) is 9.58. The summed E-state index contributed by atoms with van der Waals surface area (Å²) in [6, 6.07) is 11.0. The van der Waals surface area contributed by atoms with Gasteiger partial charge in [0.25, 0.3) is 0 Å². The Bertz CT molecular complexity index is 696. The molecule has 3 heterocycles. The van der Waals surface area contributed by atoms with E-state index in [0.29, 0.717) is 12.5 Å². The fraction of sp³-hybridized carbons (Fsp3) is 0.667. The molecule has 0 spiro atoms. The number of hydrogen-bond donors (Lipinski definition) is 0. The summed E-state index contributed by atoms with van der Waals surface area (Å²) in [5, 5.41) is 0. The lowest BCUT2D eigenvalue weighted by molar-refractivity contribution is -0.847. The minimum Gasteiger partial charge on any atom is -0.460 e. The van der Waals surface area contributed by atoms with Gasteiger partial charge in [-0.15, -0.1) is 0 Å². The van der Waals surface area contributed by atoms with Crippen LogP contribution in [-0.4, -0.2) is 52.7 Å². The van der Waals surface area contributed by atoms with Crippen LogP contribution in [0.1, 0.15) is 46.6 Å². The number of carbonyl (C=O) groups excluding carboxylic acids is 1. The molecule has 5 atom stereocenters. The Morgan fingerprint density at radius 3 is 2.50 bits per heavy atom. The highest BCUT2D eigenvalue weighted by Gasteiger charge is 2.77. The van der Waals surface area contributed by atoms with Crippen molar-refractivity contribution in [3.8, 4) is 0 Å². The summed E-state index contributed by atoms with van der Waals surface area (Å²) in [5.74, 6) is -0.722. The van der Waals surface area contributed by atoms with E-state index < -0.39 is 11.4 Å². The van der Waals surface area contributed by atoms with Crippen molar-refractivity contribution in [2.75, 3.05) is 6.54 Å². The van der Waals surface area contributed by atoms with Gasteiger partial charge in [-0.2, -0.15) is 0 Å². The summed E-state index contributed by atoms with van der Waals surface area (Å²) in [4.78, 5) is 12.6. The van der Waals surface area contributed by atoms with Crippen LogP contribution < -0.4 is 0 Å². The van der Waals surface area contributed by atoms with Crippen LogP contribution in [-0.2, 0) is 25.5 Å². The van der Waals surface area contributed by atoms with Gasteiger partial charge < -0.3 is 18.7 Å². The zero-order valence-electron chi connectivity index (χ0n) is 16.4. The molecule has 4 rings (SSSR count). The highest BCUT2D eigenvalue weighted by molar-refractivity contribution is 5.70. The molecule has 0 N–H and O–H groups in total. The van der Waals surface area contributed by atoms with Crippen LogP contribution in [0, 0.1) is 0 Å². The van der Waals surface area contributed by atoms with E-state index in [1.54, 1.807) is 0 Å². The number of nitrogens with zero attached hydrogens (tertiary/aromatic N) is 1. The predicted molar refractivity (Wildman–Crippen MR) is 97.1 cm³/mol. The second-order valence-corrected chi connectivity index (χ2v) is 9.42. The Balaban J connectivity index is 1.57. The molecule has 3 aliphatic heterocycles. The number of carbonyl (C=O) groups is 1. The molecule has 0 radical (unpaired) electrons. The number of fused-ring (bicyclic) bond motifs is 3. The van der Waals surface area contributed by atoms with E-state index in [9.17, 15) is 4.79 Å². The molecule has 1 aromatic carbocycles. The van der Waals surface area contributed by atoms with Crippen molar-refractivity contribution in [1.29, 1.82) is 0 Å². The maximum Gasteiger partial charge on any atom is 0.312 e. The number of hydrogen-bond acceptors (Lipinski definition) is 4. The fourth-order valence-electron chi connectivity index (χ4n) is 4.86. The van der Waals surface area contributed by atoms with E-state index in [1.165, 1.54) is 5.56 Å². The van der Waals surface area contributed by atoms with Gasteiger partial charge >= 0.3 is 5.97 Å². The summed E-state index contributed by atoms with van der Waals surface area (Å²) in [5.41, 5.74) is 0.827. The fourth-order valence-corrected chi connectivity index (χ4v) is 4.86. The minimum absolute atomic E-state index is 0.0417. The molecule has 3 aliphatic rings. The third-order valence-electron chi connectivity index (χ3n) is 5.75. The topological polar surface area (TPSA) is 44.8 Å². The van der Waals surface area contributed by atoms with Crippen molar-refractivity contribution in [1.82, 2.24) is 0 Å². The van der Waals surface area contributed by atoms with Crippen LogP contribution in [0.15, 0.2) is 30.3 Å². The molecule has 3 saturated heterocycles. The van der Waals surface area contributed by atoms with Gasteiger partial charge in [0, 0.05) is 5.56 Å². The number of benzene rings is 1. The lowest BCUT2D eigenvalue weighted by Crippen LogP contribution is -2.46.